The molecule has 7 nitrogen and oxygen atoms in total. The van der Waals surface area contributed by atoms with Gasteiger partial charge in [0.15, 0.2) is 0 Å². The summed E-state index contributed by atoms with van der Waals surface area (Å²) in [4.78, 5) is 27.4. The average Bonchev–Trinajstić information content (AvgIpc) is 2.79. The molecule has 1 aliphatic heterocycles. The fourth-order valence-corrected chi connectivity index (χ4v) is 3.54. The quantitative estimate of drug-likeness (QED) is 0.762. The summed E-state index contributed by atoms with van der Waals surface area (Å²) in [6, 6.07) is 10.3. The van der Waals surface area contributed by atoms with E-state index in [1.165, 1.54) is 24.3 Å². The van der Waals surface area contributed by atoms with Gasteiger partial charge in [-0.3, -0.25) is 9.59 Å². The maximum atomic E-state index is 13.3. The number of likely N-dealkylation sites (N-methyl/N-ethyl adjacent to an activating group) is 1. The van der Waals surface area contributed by atoms with Crippen LogP contribution < -0.4 is 15.4 Å². The van der Waals surface area contributed by atoms with Gasteiger partial charge >= 0.3 is 0 Å². The van der Waals surface area contributed by atoms with Gasteiger partial charge in [-0.05, 0) is 55.3 Å². The number of methoxy groups -OCH3 is 1. The molecule has 0 unspecified atom stereocenters. The van der Waals surface area contributed by atoms with E-state index in [9.17, 15) is 14.0 Å². The van der Waals surface area contributed by atoms with Gasteiger partial charge in [0.1, 0.15) is 18.2 Å². The molecule has 0 bridgehead atoms. The number of fused-ring (bicyclic) bond motifs is 1. The molecule has 0 fully saturated rings. The Morgan fingerprint density at radius 1 is 1.22 bits per heavy atom. The molecule has 0 aliphatic carbocycles. The van der Waals surface area contributed by atoms with E-state index in [-0.39, 0.29) is 24.0 Å². The minimum absolute atomic E-state index is 0.0768. The number of ether oxygens (including phenoxy) is 2. The van der Waals surface area contributed by atoms with Crippen LogP contribution in [0.15, 0.2) is 42.5 Å². The van der Waals surface area contributed by atoms with Crippen molar-refractivity contribution in [3.8, 4) is 5.75 Å². The van der Waals surface area contributed by atoms with Crippen LogP contribution in [-0.2, 0) is 4.74 Å². The Morgan fingerprint density at radius 2 is 1.94 bits per heavy atom. The number of amides is 2. The molecule has 0 saturated heterocycles. The van der Waals surface area contributed by atoms with Crippen molar-refractivity contribution in [2.24, 2.45) is 5.92 Å². The smallest absolute Gasteiger partial charge is 0.257 e. The van der Waals surface area contributed by atoms with Crippen molar-refractivity contribution < 1.29 is 23.5 Å². The van der Waals surface area contributed by atoms with Crippen molar-refractivity contribution in [1.82, 2.24) is 10.2 Å². The maximum Gasteiger partial charge on any atom is 0.257 e. The highest BCUT2D eigenvalue weighted by molar-refractivity contribution is 6.05. The zero-order valence-electron chi connectivity index (χ0n) is 18.9. The minimum atomic E-state index is -0.417. The summed E-state index contributed by atoms with van der Waals surface area (Å²) in [5.74, 6) is -0.408. The van der Waals surface area contributed by atoms with E-state index in [4.69, 9.17) is 9.47 Å². The van der Waals surface area contributed by atoms with Gasteiger partial charge in [-0.2, -0.15) is 0 Å². The second-order valence-electron chi connectivity index (χ2n) is 8.23. The number of benzene rings is 2. The van der Waals surface area contributed by atoms with Crippen molar-refractivity contribution >= 4 is 17.5 Å². The van der Waals surface area contributed by atoms with E-state index in [2.05, 4.69) is 17.6 Å². The molecule has 2 N–H and O–H groups in total. The van der Waals surface area contributed by atoms with Crippen LogP contribution in [0.25, 0.3) is 0 Å². The molecule has 32 heavy (non-hydrogen) atoms. The molecule has 0 saturated carbocycles. The second kappa shape index (κ2) is 10.6. The number of carbonyl (C=O) groups is 2. The van der Waals surface area contributed by atoms with Crippen LogP contribution in [0.1, 0.15) is 34.6 Å². The van der Waals surface area contributed by atoms with Crippen molar-refractivity contribution in [2.75, 3.05) is 39.2 Å². The number of anilines is 1. The van der Waals surface area contributed by atoms with E-state index in [0.29, 0.717) is 35.7 Å². The van der Waals surface area contributed by atoms with E-state index >= 15 is 0 Å². The lowest BCUT2D eigenvalue weighted by Gasteiger charge is -2.30. The van der Waals surface area contributed by atoms with Gasteiger partial charge in [-0.15, -0.1) is 0 Å². The average molecular weight is 444 g/mol. The van der Waals surface area contributed by atoms with E-state index in [0.717, 1.165) is 6.54 Å². The largest absolute Gasteiger partial charge is 0.491 e. The lowest BCUT2D eigenvalue weighted by molar-refractivity contribution is 0.0281. The Labute approximate surface area is 187 Å². The number of hydrogen-bond donors (Lipinski definition) is 2. The highest BCUT2D eigenvalue weighted by Crippen LogP contribution is 2.26. The van der Waals surface area contributed by atoms with E-state index < -0.39 is 11.7 Å². The summed E-state index contributed by atoms with van der Waals surface area (Å²) in [6.07, 6.45) is -0.131. The Morgan fingerprint density at radius 3 is 2.62 bits per heavy atom. The molecule has 0 aromatic heterocycles. The first-order valence-corrected chi connectivity index (χ1v) is 10.6. The number of carbonyl (C=O) groups excluding carboxylic acids is 2. The summed E-state index contributed by atoms with van der Waals surface area (Å²) in [6.45, 7) is 5.64. The highest BCUT2D eigenvalue weighted by atomic mass is 19.1. The molecule has 3 atom stereocenters. The van der Waals surface area contributed by atoms with Crippen LogP contribution in [0.2, 0.25) is 0 Å². The Bertz CT molecular complexity index is 951. The molecular formula is C24H30FN3O4. The molecule has 2 aromatic carbocycles. The van der Waals surface area contributed by atoms with Crippen LogP contribution in [0.5, 0.6) is 5.75 Å². The first kappa shape index (κ1) is 23.7. The molecular weight excluding hydrogens is 413 g/mol. The SMILES string of the molecule is CO[C@H]1CN(C)C(=O)c2cc(NC(=O)c3ccc(F)cc3)ccc2OC[C@H](C)NC[C@H]1C. The summed E-state index contributed by atoms with van der Waals surface area (Å²) in [7, 11) is 3.37. The zero-order valence-corrected chi connectivity index (χ0v) is 18.9. The predicted octanol–water partition coefficient (Wildman–Crippen LogP) is 3.17. The Balaban J connectivity index is 1.88. The second-order valence-corrected chi connectivity index (χ2v) is 8.23. The third-order valence-corrected chi connectivity index (χ3v) is 5.59. The molecule has 0 spiro atoms. The van der Waals surface area contributed by atoms with Gasteiger partial charge in [-0.25, -0.2) is 4.39 Å². The van der Waals surface area contributed by atoms with E-state index in [1.54, 1.807) is 37.3 Å². The first-order valence-electron chi connectivity index (χ1n) is 10.6. The molecule has 1 aliphatic rings. The predicted molar refractivity (Wildman–Crippen MR) is 121 cm³/mol. The number of nitrogens with zero attached hydrogens (tertiary/aromatic N) is 1. The fraction of sp³-hybridized carbons (Fsp3) is 0.417. The third kappa shape index (κ3) is 5.83. The van der Waals surface area contributed by atoms with E-state index in [1.807, 2.05) is 6.92 Å². The molecule has 8 heteroatoms. The van der Waals surface area contributed by atoms with Crippen molar-refractivity contribution in [3.05, 3.63) is 59.4 Å². The number of rotatable bonds is 3. The summed E-state index contributed by atoms with van der Waals surface area (Å²) >= 11 is 0. The number of hydrogen-bond acceptors (Lipinski definition) is 5. The third-order valence-electron chi connectivity index (χ3n) is 5.59. The van der Waals surface area contributed by atoms with Crippen molar-refractivity contribution in [1.29, 1.82) is 0 Å². The van der Waals surface area contributed by atoms with Gasteiger partial charge in [0, 0.05) is 44.5 Å². The molecule has 2 amide bonds. The van der Waals surface area contributed by atoms with Gasteiger partial charge in [0.05, 0.1) is 11.7 Å². The fourth-order valence-electron chi connectivity index (χ4n) is 3.54. The van der Waals surface area contributed by atoms with Crippen molar-refractivity contribution in [3.63, 3.8) is 0 Å². The molecule has 0 radical (unpaired) electrons. The van der Waals surface area contributed by atoms with Crippen LogP contribution >= 0.6 is 0 Å². The topological polar surface area (TPSA) is 79.9 Å². The molecule has 1 heterocycles. The minimum Gasteiger partial charge on any atom is -0.491 e. The maximum absolute atomic E-state index is 13.3. The highest BCUT2D eigenvalue weighted by Gasteiger charge is 2.25. The lowest BCUT2D eigenvalue weighted by atomic mass is 10.0. The van der Waals surface area contributed by atoms with Gasteiger partial charge in [0.25, 0.3) is 11.8 Å². The molecule has 2 aromatic rings. The van der Waals surface area contributed by atoms with Crippen LogP contribution in [0.3, 0.4) is 0 Å². The van der Waals surface area contributed by atoms with Crippen molar-refractivity contribution in [2.45, 2.75) is 26.0 Å². The number of nitrogens with one attached hydrogen (secondary N) is 2. The van der Waals surface area contributed by atoms with Gasteiger partial charge in [-0.1, -0.05) is 6.92 Å². The Hall–Kier alpha value is -2.97. The normalized spacial score (nSPS) is 22.2. The van der Waals surface area contributed by atoms with Crippen LogP contribution in [0.4, 0.5) is 10.1 Å². The molecule has 3 rings (SSSR count). The monoisotopic (exact) mass is 443 g/mol. The molecule has 172 valence electrons. The zero-order chi connectivity index (χ0) is 23.3. The standard InChI is InChI=1S/C24H30FN3O4/c1-15-12-26-16(2)14-32-21-10-9-19(27-23(29)17-5-7-18(25)8-6-17)11-20(21)24(30)28(3)13-22(15)31-4/h5-11,15-16,22,26H,12-14H2,1-4H3,(H,27,29)/t15-,16+,22+/m1/s1. The summed E-state index contributed by atoms with van der Waals surface area (Å²) in [5, 5.41) is 6.20. The van der Waals surface area contributed by atoms with Gasteiger partial charge < -0.3 is 25.0 Å². The lowest BCUT2D eigenvalue weighted by Crippen LogP contribution is -2.44. The van der Waals surface area contributed by atoms with Crippen LogP contribution in [0, 0.1) is 11.7 Å². The van der Waals surface area contributed by atoms with Crippen LogP contribution in [-0.4, -0.2) is 62.7 Å². The first-order chi connectivity index (χ1) is 15.3. The van der Waals surface area contributed by atoms with Gasteiger partial charge in [0.2, 0.25) is 0 Å². The Kier molecular flexibility index (Phi) is 7.82. The summed E-state index contributed by atoms with van der Waals surface area (Å²) < 4.78 is 24.7. The number of halogens is 1. The summed E-state index contributed by atoms with van der Waals surface area (Å²) in [5.41, 5.74) is 1.11.